The third-order valence-corrected chi connectivity index (χ3v) is 7.75. The van der Waals surface area contributed by atoms with Crippen molar-refractivity contribution in [1.82, 2.24) is 9.96 Å². The second-order valence-electron chi connectivity index (χ2n) is 10.0. The van der Waals surface area contributed by atoms with Gasteiger partial charge in [0.1, 0.15) is 23.8 Å². The summed E-state index contributed by atoms with van der Waals surface area (Å²) in [5.41, 5.74) is 14.3. The topological polar surface area (TPSA) is 137 Å². The maximum atomic E-state index is 14.9. The Kier molecular flexibility index (Phi) is 6.42. The average molecular weight is 488 g/mol. The van der Waals surface area contributed by atoms with Crippen LogP contribution < -0.4 is 26.2 Å². The first-order valence-electron chi connectivity index (χ1n) is 12.5. The highest BCUT2D eigenvalue weighted by Gasteiger charge is 2.46. The van der Waals surface area contributed by atoms with Crippen LogP contribution in [0.3, 0.4) is 0 Å². The summed E-state index contributed by atoms with van der Waals surface area (Å²) in [5, 5.41) is 27.9. The number of nitrogen functional groups attached to an aromatic ring is 1. The molecule has 0 radical (unpaired) electrons. The van der Waals surface area contributed by atoms with Gasteiger partial charge in [0.15, 0.2) is 6.04 Å². The molecule has 2 aliphatic rings. The van der Waals surface area contributed by atoms with Crippen molar-refractivity contribution >= 4 is 28.2 Å². The Balaban J connectivity index is 1.57. The predicted molar refractivity (Wildman–Crippen MR) is 143 cm³/mol. The zero-order chi connectivity index (χ0) is 25.4. The number of quaternary nitrogens is 1. The third kappa shape index (κ3) is 4.32. The Morgan fingerprint density at radius 3 is 2.61 bits per heavy atom. The van der Waals surface area contributed by atoms with Crippen LogP contribution in [-0.2, 0) is 17.8 Å². The van der Waals surface area contributed by atoms with Gasteiger partial charge >= 0.3 is 0 Å². The summed E-state index contributed by atoms with van der Waals surface area (Å²) in [6, 6.07) is 16.3. The predicted octanol–water partition coefficient (Wildman–Crippen LogP) is 3.45. The number of carbonyl (C=O) groups excluding carboxylic acids is 1. The number of amidine groups is 1. The van der Waals surface area contributed by atoms with Crippen LogP contribution in [0.15, 0.2) is 54.6 Å². The van der Waals surface area contributed by atoms with Gasteiger partial charge in [0.25, 0.3) is 5.91 Å². The molecule has 1 heterocycles. The maximum absolute atomic E-state index is 14.9. The van der Waals surface area contributed by atoms with E-state index in [9.17, 15) is 10.0 Å². The van der Waals surface area contributed by atoms with Crippen LogP contribution in [0, 0.1) is 10.6 Å². The molecule has 1 amide bonds. The summed E-state index contributed by atoms with van der Waals surface area (Å²) >= 11 is 0. The minimum atomic E-state index is -0.862. The van der Waals surface area contributed by atoms with Gasteiger partial charge in [0.05, 0.1) is 12.7 Å². The van der Waals surface area contributed by atoms with E-state index < -0.39 is 10.7 Å². The van der Waals surface area contributed by atoms with Crippen LogP contribution >= 0.6 is 0 Å². The molecule has 1 aliphatic heterocycles. The van der Waals surface area contributed by atoms with Crippen molar-refractivity contribution in [1.29, 1.82) is 5.41 Å². The molecule has 0 bridgehead atoms. The van der Waals surface area contributed by atoms with E-state index in [4.69, 9.17) is 21.6 Å². The van der Waals surface area contributed by atoms with Gasteiger partial charge in [-0.2, -0.15) is 0 Å². The summed E-state index contributed by atoms with van der Waals surface area (Å²) in [4.78, 5) is 13.7. The van der Waals surface area contributed by atoms with E-state index in [0.29, 0.717) is 23.4 Å². The van der Waals surface area contributed by atoms with Gasteiger partial charge in [0, 0.05) is 35.7 Å². The summed E-state index contributed by atoms with van der Waals surface area (Å²) in [6.07, 6.45) is 3.68. The van der Waals surface area contributed by atoms with Gasteiger partial charge in [-0.3, -0.25) is 10.2 Å². The first kappa shape index (κ1) is 24.2. The minimum Gasteiger partial charge on any atom is -0.627 e. The number of hydrogen-bond acceptors (Lipinski definition) is 5. The fourth-order valence-electron chi connectivity index (χ4n) is 5.72. The SMILES string of the molecule is COc1ccc2ccccc2c1C[N+]1([O-])c2cc(C(=N)N)ccc2CC1C(=O)NC1CCC(N)CC1. The highest BCUT2D eigenvalue weighted by molar-refractivity contribution is 5.97. The zero-order valence-corrected chi connectivity index (χ0v) is 20.5. The van der Waals surface area contributed by atoms with E-state index >= 15 is 0 Å². The average Bonchev–Trinajstić information content (AvgIpc) is 3.17. The molecule has 1 fully saturated rings. The summed E-state index contributed by atoms with van der Waals surface area (Å²) in [6.45, 7) is 0.0203. The van der Waals surface area contributed by atoms with Crippen molar-refractivity contribution in [3.63, 3.8) is 0 Å². The summed E-state index contributed by atoms with van der Waals surface area (Å²) in [7, 11) is 1.59. The van der Waals surface area contributed by atoms with E-state index in [1.807, 2.05) is 42.5 Å². The lowest BCUT2D eigenvalue weighted by atomic mass is 9.91. The normalized spacial score (nSPS) is 25.4. The van der Waals surface area contributed by atoms with Gasteiger partial charge in [-0.15, -0.1) is 0 Å². The molecule has 0 spiro atoms. The molecule has 0 saturated heterocycles. The molecule has 1 aliphatic carbocycles. The maximum Gasteiger partial charge on any atom is 0.279 e. The fraction of sp³-hybridized carbons (Fsp3) is 0.357. The Bertz CT molecular complexity index is 1320. The second kappa shape index (κ2) is 9.54. The minimum absolute atomic E-state index is 0.0203. The molecular formula is C28H33N5O3. The highest BCUT2D eigenvalue weighted by atomic mass is 16.6. The molecule has 36 heavy (non-hydrogen) atoms. The van der Waals surface area contributed by atoms with Crippen molar-refractivity contribution in [2.75, 3.05) is 7.11 Å². The molecule has 188 valence electrons. The van der Waals surface area contributed by atoms with Gasteiger partial charge in [-0.25, -0.2) is 0 Å². The van der Waals surface area contributed by atoms with Gasteiger partial charge in [0.2, 0.25) is 0 Å². The number of nitrogens with two attached hydrogens (primary N) is 2. The lowest BCUT2D eigenvalue weighted by Crippen LogP contribution is -2.57. The number of ether oxygens (including phenoxy) is 1. The Hall–Kier alpha value is -3.46. The number of nitrogens with one attached hydrogen (secondary N) is 2. The number of hydrogen-bond donors (Lipinski definition) is 4. The lowest BCUT2D eigenvalue weighted by Gasteiger charge is -2.44. The molecule has 3 aromatic carbocycles. The number of hydroxylamine groups is 2. The van der Waals surface area contributed by atoms with Crippen LogP contribution in [0.5, 0.6) is 5.75 Å². The Morgan fingerprint density at radius 1 is 1.14 bits per heavy atom. The van der Waals surface area contributed by atoms with Crippen molar-refractivity contribution in [3.8, 4) is 5.75 Å². The van der Waals surface area contributed by atoms with Crippen LogP contribution in [-0.4, -0.2) is 37.0 Å². The lowest BCUT2D eigenvalue weighted by molar-refractivity contribution is -0.126. The van der Waals surface area contributed by atoms with Crippen LogP contribution in [0.4, 0.5) is 5.69 Å². The number of fused-ring (bicyclic) bond motifs is 2. The Morgan fingerprint density at radius 2 is 1.89 bits per heavy atom. The number of rotatable bonds is 6. The molecular weight excluding hydrogens is 454 g/mol. The van der Waals surface area contributed by atoms with Crippen molar-refractivity contribution < 1.29 is 9.53 Å². The quantitative estimate of drug-likeness (QED) is 0.183. The van der Waals surface area contributed by atoms with Gasteiger partial charge in [-0.1, -0.05) is 42.5 Å². The molecule has 0 aromatic heterocycles. The second-order valence-corrected chi connectivity index (χ2v) is 10.0. The van der Waals surface area contributed by atoms with E-state index in [0.717, 1.165) is 47.6 Å². The molecule has 8 nitrogen and oxygen atoms in total. The molecule has 5 rings (SSSR count). The molecule has 1 saturated carbocycles. The van der Waals surface area contributed by atoms with E-state index in [-0.39, 0.29) is 30.4 Å². The largest absolute Gasteiger partial charge is 0.627 e. The standard InChI is InChI=1S/C28H33N5O3/c1-36-26-13-8-17-4-2-3-5-22(17)23(26)16-33(35)24-15-19(27(30)31)7-6-18(24)14-25(33)28(34)32-21-11-9-20(29)10-12-21/h2-8,13,15,20-21,25H,9-12,14,16,29H2,1H3,(H3,30,31)(H,32,34). The van der Waals surface area contributed by atoms with Crippen LogP contribution in [0.2, 0.25) is 0 Å². The molecule has 8 heteroatoms. The molecule has 6 N–H and O–H groups in total. The van der Waals surface area contributed by atoms with Gasteiger partial charge in [-0.05, 0) is 42.5 Å². The summed E-state index contributed by atoms with van der Waals surface area (Å²) < 4.78 is 4.81. The van der Waals surface area contributed by atoms with Crippen LogP contribution in [0.25, 0.3) is 10.8 Å². The van der Waals surface area contributed by atoms with Crippen molar-refractivity contribution in [2.45, 2.75) is 56.8 Å². The summed E-state index contributed by atoms with van der Waals surface area (Å²) in [5.74, 6) is 0.252. The van der Waals surface area contributed by atoms with Crippen molar-refractivity contribution in [2.24, 2.45) is 11.5 Å². The number of methoxy groups -OCH3 is 1. The van der Waals surface area contributed by atoms with Crippen molar-refractivity contribution in [3.05, 3.63) is 76.5 Å². The number of carbonyl (C=O) groups is 1. The van der Waals surface area contributed by atoms with E-state index in [2.05, 4.69) is 5.32 Å². The Labute approximate surface area is 210 Å². The van der Waals surface area contributed by atoms with E-state index in [1.165, 1.54) is 0 Å². The number of nitrogens with zero attached hydrogens (tertiary/aromatic N) is 1. The number of amides is 1. The highest BCUT2D eigenvalue weighted by Crippen LogP contribution is 2.43. The first-order valence-corrected chi connectivity index (χ1v) is 12.5. The third-order valence-electron chi connectivity index (χ3n) is 7.75. The first-order chi connectivity index (χ1) is 17.3. The zero-order valence-electron chi connectivity index (χ0n) is 20.5. The molecule has 3 aromatic rings. The van der Waals surface area contributed by atoms with Crippen LogP contribution in [0.1, 0.15) is 42.4 Å². The monoisotopic (exact) mass is 487 g/mol. The fourth-order valence-corrected chi connectivity index (χ4v) is 5.72. The number of benzene rings is 3. The molecule has 2 unspecified atom stereocenters. The van der Waals surface area contributed by atoms with Gasteiger partial charge < -0.3 is 31.4 Å². The molecule has 2 atom stereocenters. The van der Waals surface area contributed by atoms with E-state index in [1.54, 1.807) is 19.2 Å². The smallest absolute Gasteiger partial charge is 0.279 e.